The van der Waals surface area contributed by atoms with E-state index in [2.05, 4.69) is 5.32 Å². The van der Waals surface area contributed by atoms with Crippen LogP contribution in [0, 0.1) is 0 Å². The maximum absolute atomic E-state index is 12.3. The minimum absolute atomic E-state index is 0.0929. The fourth-order valence-corrected chi connectivity index (χ4v) is 2.91. The van der Waals surface area contributed by atoms with E-state index in [9.17, 15) is 9.59 Å². The van der Waals surface area contributed by atoms with Gasteiger partial charge in [0.25, 0.3) is 5.91 Å². The summed E-state index contributed by atoms with van der Waals surface area (Å²) in [6.45, 7) is 1.52. The van der Waals surface area contributed by atoms with E-state index >= 15 is 0 Å². The van der Waals surface area contributed by atoms with Gasteiger partial charge < -0.3 is 19.9 Å². The van der Waals surface area contributed by atoms with Crippen molar-refractivity contribution in [1.82, 2.24) is 5.32 Å². The van der Waals surface area contributed by atoms with Crippen LogP contribution >= 0.6 is 0 Å². The third kappa shape index (κ3) is 6.75. The van der Waals surface area contributed by atoms with Crippen molar-refractivity contribution in [3.8, 4) is 5.75 Å². The minimum atomic E-state index is -1.01. The minimum Gasteiger partial charge on any atom is -0.483 e. The Balaban J connectivity index is 1.99. The monoisotopic (exact) mass is 371 g/mol. The zero-order valence-corrected chi connectivity index (χ0v) is 15.6. The molecule has 2 aromatic rings. The van der Waals surface area contributed by atoms with E-state index in [1.807, 2.05) is 54.6 Å². The molecule has 0 aliphatic heterocycles. The second-order valence-electron chi connectivity index (χ2n) is 6.67. The Hall–Kier alpha value is -2.86. The number of methoxy groups -OCH3 is 1. The van der Waals surface area contributed by atoms with Gasteiger partial charge in [0.1, 0.15) is 5.75 Å². The molecule has 0 bridgehead atoms. The summed E-state index contributed by atoms with van der Waals surface area (Å²) >= 11 is 0. The molecule has 0 aliphatic rings. The van der Waals surface area contributed by atoms with Crippen molar-refractivity contribution in [2.75, 3.05) is 20.3 Å². The van der Waals surface area contributed by atoms with Crippen LogP contribution in [-0.2, 0) is 20.7 Å². The highest BCUT2D eigenvalue weighted by atomic mass is 16.5. The van der Waals surface area contributed by atoms with Crippen molar-refractivity contribution in [1.29, 1.82) is 0 Å². The molecule has 0 fully saturated rings. The quantitative estimate of drug-likeness (QED) is 0.671. The topological polar surface area (TPSA) is 84.9 Å². The molecule has 0 saturated carbocycles. The van der Waals surface area contributed by atoms with Gasteiger partial charge in [0.15, 0.2) is 6.61 Å². The average molecular weight is 371 g/mol. The van der Waals surface area contributed by atoms with Crippen molar-refractivity contribution < 1.29 is 24.2 Å². The summed E-state index contributed by atoms with van der Waals surface area (Å²) in [5.74, 6) is -0.780. The van der Waals surface area contributed by atoms with E-state index < -0.39 is 17.4 Å². The van der Waals surface area contributed by atoms with Gasteiger partial charge in [0.05, 0.1) is 18.6 Å². The number of hydrogen-bond acceptors (Lipinski definition) is 4. The van der Waals surface area contributed by atoms with Gasteiger partial charge in [-0.25, -0.2) is 0 Å². The van der Waals surface area contributed by atoms with Gasteiger partial charge in [-0.15, -0.1) is 0 Å². The molecule has 1 amide bonds. The van der Waals surface area contributed by atoms with E-state index in [1.165, 1.54) is 7.11 Å². The zero-order valence-electron chi connectivity index (χ0n) is 15.6. The number of aliphatic carboxylic acids is 1. The van der Waals surface area contributed by atoms with Crippen LogP contribution in [0.3, 0.4) is 0 Å². The van der Waals surface area contributed by atoms with E-state index in [4.69, 9.17) is 14.6 Å². The smallest absolute Gasteiger partial charge is 0.305 e. The van der Waals surface area contributed by atoms with Gasteiger partial charge in [-0.2, -0.15) is 0 Å². The molecule has 1 atom stereocenters. The molecule has 0 aromatic heterocycles. The Kier molecular flexibility index (Phi) is 7.37. The van der Waals surface area contributed by atoms with Crippen molar-refractivity contribution >= 4 is 11.9 Å². The lowest BCUT2D eigenvalue weighted by molar-refractivity contribution is -0.139. The van der Waals surface area contributed by atoms with Crippen molar-refractivity contribution in [2.45, 2.75) is 25.3 Å². The Bertz CT molecular complexity index is 762. The maximum atomic E-state index is 12.3. The molecule has 0 heterocycles. The number of carbonyl (C=O) groups excluding carboxylic acids is 1. The number of rotatable bonds is 10. The molecular weight excluding hydrogens is 346 g/mol. The Morgan fingerprint density at radius 3 is 2.41 bits per heavy atom. The standard InChI is InChI=1S/C21H25NO5/c1-21(15-26-2,13-20(24)25)22-19(23)14-27-18-11-7-6-10-17(18)12-16-8-4-3-5-9-16/h3-11H,12-15H2,1-2H3,(H,22,23)(H,24,25). The summed E-state index contributed by atoms with van der Waals surface area (Å²) in [5, 5.41) is 11.7. The molecular formula is C21H25NO5. The number of carbonyl (C=O) groups is 2. The highest BCUT2D eigenvalue weighted by molar-refractivity contribution is 5.79. The molecule has 144 valence electrons. The predicted octanol–water partition coefficient (Wildman–Crippen LogP) is 2.65. The number of ether oxygens (including phenoxy) is 2. The number of para-hydroxylation sites is 1. The van der Waals surface area contributed by atoms with Crippen LogP contribution in [0.4, 0.5) is 0 Å². The molecule has 0 radical (unpaired) electrons. The van der Waals surface area contributed by atoms with E-state index in [0.717, 1.165) is 11.1 Å². The van der Waals surface area contributed by atoms with Gasteiger partial charge in [0, 0.05) is 13.5 Å². The highest BCUT2D eigenvalue weighted by Crippen LogP contribution is 2.21. The van der Waals surface area contributed by atoms with Gasteiger partial charge in [0.2, 0.25) is 0 Å². The van der Waals surface area contributed by atoms with Crippen LogP contribution in [0.5, 0.6) is 5.75 Å². The first-order valence-corrected chi connectivity index (χ1v) is 8.68. The predicted molar refractivity (Wildman–Crippen MR) is 102 cm³/mol. The second-order valence-corrected chi connectivity index (χ2v) is 6.67. The highest BCUT2D eigenvalue weighted by Gasteiger charge is 2.29. The molecule has 2 rings (SSSR count). The Morgan fingerprint density at radius 2 is 1.74 bits per heavy atom. The molecule has 2 N–H and O–H groups in total. The first kappa shape index (κ1) is 20.5. The Morgan fingerprint density at radius 1 is 1.07 bits per heavy atom. The van der Waals surface area contributed by atoms with Crippen molar-refractivity contribution in [3.63, 3.8) is 0 Å². The second kappa shape index (κ2) is 9.73. The summed E-state index contributed by atoms with van der Waals surface area (Å²) in [4.78, 5) is 23.3. The summed E-state index contributed by atoms with van der Waals surface area (Å²) in [6.07, 6.45) is 0.455. The van der Waals surface area contributed by atoms with Crippen LogP contribution in [-0.4, -0.2) is 42.8 Å². The number of benzene rings is 2. The van der Waals surface area contributed by atoms with Gasteiger partial charge in [-0.1, -0.05) is 48.5 Å². The average Bonchev–Trinajstić information content (AvgIpc) is 2.61. The molecule has 0 saturated heterocycles. The largest absolute Gasteiger partial charge is 0.483 e. The zero-order chi connectivity index (χ0) is 19.7. The van der Waals surface area contributed by atoms with E-state index in [1.54, 1.807) is 6.92 Å². The van der Waals surface area contributed by atoms with Crippen LogP contribution in [0.1, 0.15) is 24.5 Å². The molecule has 6 heteroatoms. The summed E-state index contributed by atoms with van der Waals surface area (Å²) in [6, 6.07) is 17.5. The van der Waals surface area contributed by atoms with Crippen LogP contribution in [0.2, 0.25) is 0 Å². The van der Waals surface area contributed by atoms with Gasteiger partial charge in [-0.05, 0) is 24.1 Å². The maximum Gasteiger partial charge on any atom is 0.305 e. The number of nitrogens with one attached hydrogen (secondary N) is 1. The fourth-order valence-electron chi connectivity index (χ4n) is 2.91. The molecule has 1 unspecified atom stereocenters. The van der Waals surface area contributed by atoms with E-state index in [0.29, 0.717) is 12.2 Å². The van der Waals surface area contributed by atoms with Crippen LogP contribution in [0.25, 0.3) is 0 Å². The van der Waals surface area contributed by atoms with Crippen molar-refractivity contribution in [3.05, 3.63) is 65.7 Å². The number of amides is 1. The summed E-state index contributed by atoms with van der Waals surface area (Å²) < 4.78 is 10.7. The number of carboxylic acids is 1. The summed E-state index contributed by atoms with van der Waals surface area (Å²) in [5.41, 5.74) is 1.12. The molecule has 0 spiro atoms. The number of hydrogen-bond donors (Lipinski definition) is 2. The molecule has 6 nitrogen and oxygen atoms in total. The molecule has 27 heavy (non-hydrogen) atoms. The third-order valence-corrected chi connectivity index (χ3v) is 4.01. The lowest BCUT2D eigenvalue weighted by atomic mass is 9.99. The fraction of sp³-hybridized carbons (Fsp3) is 0.333. The molecule has 0 aliphatic carbocycles. The Labute approximate surface area is 159 Å². The molecule has 2 aromatic carbocycles. The van der Waals surface area contributed by atoms with Crippen LogP contribution in [0.15, 0.2) is 54.6 Å². The summed E-state index contributed by atoms with van der Waals surface area (Å²) in [7, 11) is 1.46. The van der Waals surface area contributed by atoms with Gasteiger partial charge in [-0.3, -0.25) is 9.59 Å². The normalized spacial score (nSPS) is 12.8. The lowest BCUT2D eigenvalue weighted by Gasteiger charge is -2.28. The third-order valence-electron chi connectivity index (χ3n) is 4.01. The van der Waals surface area contributed by atoms with Crippen LogP contribution < -0.4 is 10.1 Å². The lowest BCUT2D eigenvalue weighted by Crippen LogP contribution is -2.52. The first-order valence-electron chi connectivity index (χ1n) is 8.68. The SMILES string of the molecule is COCC(C)(CC(=O)O)NC(=O)COc1ccccc1Cc1ccccc1. The number of carboxylic acid groups (broad SMARTS) is 1. The van der Waals surface area contributed by atoms with E-state index in [-0.39, 0.29) is 19.6 Å². The first-order chi connectivity index (χ1) is 12.9. The van der Waals surface area contributed by atoms with Gasteiger partial charge >= 0.3 is 5.97 Å². The van der Waals surface area contributed by atoms with Crippen molar-refractivity contribution in [2.24, 2.45) is 0 Å².